The molecule has 42 heavy (non-hydrogen) atoms. The van der Waals surface area contributed by atoms with E-state index in [4.69, 9.17) is 28.8 Å². The number of hydrogen-bond donors (Lipinski definition) is 6. The lowest BCUT2D eigenvalue weighted by Gasteiger charge is -2.30. The molecule has 14 heteroatoms. The van der Waals surface area contributed by atoms with Crippen molar-refractivity contribution in [3.63, 3.8) is 0 Å². The molecular weight excluding hydrogens is 556 g/mol. The van der Waals surface area contributed by atoms with Gasteiger partial charge in [0.2, 0.25) is 0 Å². The van der Waals surface area contributed by atoms with Gasteiger partial charge in [-0.2, -0.15) is 0 Å². The highest BCUT2D eigenvalue weighted by atomic mass is 16.7. The molecular formula is C28H42N2O12. The van der Waals surface area contributed by atoms with Crippen LogP contribution in [-0.2, 0) is 25.5 Å². The first-order valence-corrected chi connectivity index (χ1v) is 13.7. The number of nitrogens with one attached hydrogen (secondary N) is 2. The maximum Gasteiger partial charge on any atom is 0.272 e. The number of aliphatic hydroxyl groups is 4. The van der Waals surface area contributed by atoms with Crippen LogP contribution in [0.3, 0.4) is 0 Å². The van der Waals surface area contributed by atoms with Crippen LogP contribution >= 0.6 is 0 Å². The summed E-state index contributed by atoms with van der Waals surface area (Å²) in [5, 5.41) is 44.9. The highest BCUT2D eigenvalue weighted by molar-refractivity contribution is 5.94. The van der Waals surface area contributed by atoms with Crippen LogP contribution in [0.1, 0.15) is 29.8 Å². The van der Waals surface area contributed by atoms with Crippen molar-refractivity contribution in [2.24, 2.45) is 5.92 Å². The van der Waals surface area contributed by atoms with Crippen LogP contribution in [0.25, 0.3) is 0 Å². The van der Waals surface area contributed by atoms with Gasteiger partial charge in [0.1, 0.15) is 17.9 Å². The Labute approximate surface area is 243 Å². The van der Waals surface area contributed by atoms with Crippen LogP contribution in [0.5, 0.6) is 5.75 Å². The van der Waals surface area contributed by atoms with Crippen LogP contribution in [0, 0.1) is 5.92 Å². The minimum atomic E-state index is -1.57. The average molecular weight is 599 g/mol. The minimum Gasteiger partial charge on any atom is -0.488 e. The lowest BCUT2D eigenvalue weighted by molar-refractivity contribution is -0.222. The highest BCUT2D eigenvalue weighted by Crippen LogP contribution is 2.18. The lowest BCUT2D eigenvalue weighted by atomic mass is 9.97. The van der Waals surface area contributed by atoms with E-state index in [1.165, 1.54) is 14.0 Å². The molecule has 0 heterocycles. The third-order valence-electron chi connectivity index (χ3n) is 6.34. The van der Waals surface area contributed by atoms with Gasteiger partial charge in [-0.05, 0) is 24.6 Å². The van der Waals surface area contributed by atoms with Crippen molar-refractivity contribution in [2.45, 2.75) is 45.0 Å². The van der Waals surface area contributed by atoms with Crippen molar-refractivity contribution in [3.05, 3.63) is 55.8 Å². The minimum absolute atomic E-state index is 0.0445. The molecule has 0 aliphatic rings. The third kappa shape index (κ3) is 10.4. The van der Waals surface area contributed by atoms with E-state index in [0.717, 1.165) is 5.56 Å². The van der Waals surface area contributed by atoms with Crippen molar-refractivity contribution < 1.29 is 48.9 Å². The molecule has 0 radical (unpaired) electrons. The Morgan fingerprint density at radius 3 is 2.17 bits per heavy atom. The van der Waals surface area contributed by atoms with E-state index in [0.29, 0.717) is 12.1 Å². The summed E-state index contributed by atoms with van der Waals surface area (Å²) in [5.74, 6) is -0.859. The fourth-order valence-electron chi connectivity index (χ4n) is 3.78. The maximum atomic E-state index is 12.3. The van der Waals surface area contributed by atoms with Crippen molar-refractivity contribution >= 4 is 11.6 Å². The predicted molar refractivity (Wildman–Crippen MR) is 151 cm³/mol. The molecule has 5 unspecified atom stereocenters. The molecule has 0 saturated carbocycles. The summed E-state index contributed by atoms with van der Waals surface area (Å²) in [6.07, 6.45) is -5.66. The Bertz CT molecular complexity index is 1140. The second-order valence-corrected chi connectivity index (χ2v) is 9.43. The molecule has 2 aromatic carbocycles. The fraction of sp³-hybridized carbons (Fsp3) is 0.607. The zero-order chi connectivity index (χ0) is 31.1. The number of rotatable bonds is 22. The molecule has 0 fully saturated rings. The van der Waals surface area contributed by atoms with Gasteiger partial charge in [-0.1, -0.05) is 19.1 Å². The zero-order valence-corrected chi connectivity index (χ0v) is 24.1. The Morgan fingerprint density at radius 2 is 1.55 bits per heavy atom. The van der Waals surface area contributed by atoms with E-state index < -0.39 is 41.4 Å². The molecule has 2 aromatic rings. The van der Waals surface area contributed by atoms with E-state index in [-0.39, 0.29) is 70.1 Å². The van der Waals surface area contributed by atoms with Gasteiger partial charge in [0.15, 0.2) is 12.0 Å². The largest absolute Gasteiger partial charge is 0.488 e. The second kappa shape index (κ2) is 18.6. The summed E-state index contributed by atoms with van der Waals surface area (Å²) in [6.45, 7) is 4.75. The summed E-state index contributed by atoms with van der Waals surface area (Å²) < 4.78 is 26.4. The van der Waals surface area contributed by atoms with E-state index in [1.54, 1.807) is 31.2 Å². The van der Waals surface area contributed by atoms with E-state index in [1.807, 2.05) is 0 Å². The van der Waals surface area contributed by atoms with E-state index in [2.05, 4.69) is 10.6 Å². The summed E-state index contributed by atoms with van der Waals surface area (Å²) in [4.78, 5) is 35.6. The van der Waals surface area contributed by atoms with Crippen LogP contribution in [0.15, 0.2) is 33.9 Å². The molecule has 236 valence electrons. The van der Waals surface area contributed by atoms with Gasteiger partial charge in [0.25, 0.3) is 16.8 Å². The summed E-state index contributed by atoms with van der Waals surface area (Å²) >= 11 is 0. The number of benzene rings is 1. The summed E-state index contributed by atoms with van der Waals surface area (Å²) in [6, 6.07) is 6.79. The number of aliphatic hydroxyl groups excluding tert-OH is 4. The average Bonchev–Trinajstić information content (AvgIpc) is 3.01. The van der Waals surface area contributed by atoms with Gasteiger partial charge in [0.05, 0.1) is 45.7 Å². The monoisotopic (exact) mass is 598 g/mol. The van der Waals surface area contributed by atoms with Crippen LogP contribution in [0.2, 0.25) is 0 Å². The van der Waals surface area contributed by atoms with Gasteiger partial charge < -0.3 is 54.7 Å². The smallest absolute Gasteiger partial charge is 0.272 e. The normalized spacial score (nSPS) is 15.1. The molecule has 1 amide bonds. The van der Waals surface area contributed by atoms with Gasteiger partial charge >= 0.3 is 0 Å². The van der Waals surface area contributed by atoms with E-state index in [9.17, 15) is 29.7 Å². The molecule has 0 aliphatic carbocycles. The molecule has 6 N–H and O–H groups in total. The van der Waals surface area contributed by atoms with Crippen molar-refractivity contribution in [3.8, 4) is 5.75 Å². The van der Waals surface area contributed by atoms with Gasteiger partial charge in [0, 0.05) is 38.3 Å². The molecule has 0 aliphatic heterocycles. The molecule has 5 atom stereocenters. The number of carbonyl (C=O) groups excluding carboxylic acids is 1. The number of amides is 1. The molecule has 0 spiro atoms. The van der Waals surface area contributed by atoms with Crippen molar-refractivity contribution in [2.75, 3.05) is 65.2 Å². The first kappa shape index (κ1) is 35.2. The first-order valence-electron chi connectivity index (χ1n) is 13.7. The number of carbonyl (C=O) groups is 1. The molecule has 0 saturated heterocycles. The van der Waals surface area contributed by atoms with Crippen LogP contribution < -0.4 is 26.2 Å². The fourth-order valence-corrected chi connectivity index (χ4v) is 3.78. The Hall–Kier alpha value is -2.95. The SMILES string of the molecule is CCOc1c(NCc2ccc(C(=O)NCCOCCOCCOC(OC)C(O)C(O)C(O)C(C)CO)cc2)c(=O)c1=O. The third-order valence-corrected chi connectivity index (χ3v) is 6.34. The number of ether oxygens (including phenoxy) is 5. The zero-order valence-electron chi connectivity index (χ0n) is 24.1. The van der Waals surface area contributed by atoms with Crippen molar-refractivity contribution in [1.29, 1.82) is 0 Å². The molecule has 2 rings (SSSR count). The lowest BCUT2D eigenvalue weighted by Crippen LogP contribution is -2.49. The Kier molecular flexibility index (Phi) is 15.6. The highest BCUT2D eigenvalue weighted by Gasteiger charge is 2.34. The number of methoxy groups -OCH3 is 1. The second-order valence-electron chi connectivity index (χ2n) is 9.43. The van der Waals surface area contributed by atoms with Crippen LogP contribution in [-0.4, -0.2) is 111 Å². The number of anilines is 1. The molecule has 14 nitrogen and oxygen atoms in total. The summed E-state index contributed by atoms with van der Waals surface area (Å²) in [5.41, 5.74) is 0.200. The first-order chi connectivity index (χ1) is 20.2. The molecule has 0 bridgehead atoms. The topological polar surface area (TPSA) is 202 Å². The van der Waals surface area contributed by atoms with Crippen LogP contribution in [0.4, 0.5) is 5.69 Å². The van der Waals surface area contributed by atoms with Gasteiger partial charge in [-0.15, -0.1) is 0 Å². The van der Waals surface area contributed by atoms with Gasteiger partial charge in [-0.3, -0.25) is 14.4 Å². The van der Waals surface area contributed by atoms with Gasteiger partial charge in [-0.25, -0.2) is 0 Å². The number of hydrogen-bond acceptors (Lipinski definition) is 13. The Morgan fingerprint density at radius 1 is 0.905 bits per heavy atom. The quantitative estimate of drug-likeness (QED) is 0.0534. The maximum absolute atomic E-state index is 12.3. The summed E-state index contributed by atoms with van der Waals surface area (Å²) in [7, 11) is 1.28. The van der Waals surface area contributed by atoms with Crippen molar-refractivity contribution in [1.82, 2.24) is 5.32 Å². The van der Waals surface area contributed by atoms with E-state index >= 15 is 0 Å². The standard InChI is InChI=1S/C28H42N2O12/c1-4-41-26-20(22(33)24(26)35)30-15-18-5-7-19(8-6-18)27(37)29-9-10-39-11-12-40-13-14-42-28(38-3)25(36)23(34)21(32)17(2)16-31/h5-8,17,21,23,25,28,30-32,34,36H,4,9-16H2,1-3H3,(H,29,37). The molecule has 0 aromatic heterocycles. The predicted octanol–water partition coefficient (Wildman–Crippen LogP) is -1.24. The Balaban J connectivity index is 1.56.